The van der Waals surface area contributed by atoms with Gasteiger partial charge in [0.05, 0.1) is 0 Å². The molecule has 1 saturated heterocycles. The van der Waals surface area contributed by atoms with Gasteiger partial charge in [-0.25, -0.2) is 0 Å². The Bertz CT molecular complexity index is 456. The van der Waals surface area contributed by atoms with Crippen molar-refractivity contribution in [3.63, 3.8) is 0 Å². The average molecular weight is 290 g/mol. The molecule has 2 aliphatic rings. The van der Waals surface area contributed by atoms with Crippen LogP contribution in [0.5, 0.6) is 11.5 Å². The molecule has 4 heteroatoms. The van der Waals surface area contributed by atoms with Gasteiger partial charge in [-0.3, -0.25) is 0 Å². The first kappa shape index (κ1) is 14.7. The van der Waals surface area contributed by atoms with Crippen LogP contribution in [0.1, 0.15) is 44.6 Å². The first-order chi connectivity index (χ1) is 10.3. The second-order valence-corrected chi connectivity index (χ2v) is 6.21. The van der Waals surface area contributed by atoms with Gasteiger partial charge < -0.3 is 20.1 Å². The van der Waals surface area contributed by atoms with Gasteiger partial charge in [0.2, 0.25) is 6.79 Å². The minimum atomic E-state index is 0.343. The smallest absolute Gasteiger partial charge is 0.231 e. The predicted molar refractivity (Wildman–Crippen MR) is 83.7 cm³/mol. The second kappa shape index (κ2) is 7.14. The Kier molecular flexibility index (Phi) is 4.99. The van der Waals surface area contributed by atoms with E-state index in [1.807, 2.05) is 6.07 Å². The predicted octanol–water partition coefficient (Wildman–Crippen LogP) is 2.82. The highest BCUT2D eigenvalue weighted by molar-refractivity contribution is 5.44. The zero-order valence-corrected chi connectivity index (χ0v) is 12.9. The van der Waals surface area contributed by atoms with E-state index in [2.05, 4.69) is 29.7 Å². The lowest BCUT2D eigenvalue weighted by molar-refractivity contribution is 0.174. The van der Waals surface area contributed by atoms with Crippen LogP contribution in [0.2, 0.25) is 0 Å². The minimum absolute atomic E-state index is 0.343. The van der Waals surface area contributed by atoms with Gasteiger partial charge in [-0.2, -0.15) is 0 Å². The van der Waals surface area contributed by atoms with Crippen molar-refractivity contribution in [2.45, 2.75) is 57.7 Å². The Morgan fingerprint density at radius 2 is 2.14 bits per heavy atom. The lowest BCUT2D eigenvalue weighted by atomic mass is 10.0. The third-order valence-electron chi connectivity index (χ3n) is 4.39. The Morgan fingerprint density at radius 1 is 1.24 bits per heavy atom. The van der Waals surface area contributed by atoms with Crippen LogP contribution < -0.4 is 20.1 Å². The van der Waals surface area contributed by atoms with Crippen LogP contribution in [0, 0.1) is 0 Å². The molecule has 21 heavy (non-hydrogen) atoms. The van der Waals surface area contributed by atoms with Crippen molar-refractivity contribution in [1.82, 2.24) is 10.6 Å². The van der Waals surface area contributed by atoms with E-state index in [1.165, 1.54) is 44.2 Å². The van der Waals surface area contributed by atoms with Crippen molar-refractivity contribution < 1.29 is 9.47 Å². The lowest BCUT2D eigenvalue weighted by Gasteiger charge is -2.21. The van der Waals surface area contributed by atoms with Gasteiger partial charge in [0.25, 0.3) is 0 Å². The number of ether oxygens (including phenoxy) is 2. The van der Waals surface area contributed by atoms with E-state index in [1.54, 1.807) is 0 Å². The van der Waals surface area contributed by atoms with Crippen molar-refractivity contribution >= 4 is 0 Å². The maximum absolute atomic E-state index is 5.42. The third-order valence-corrected chi connectivity index (χ3v) is 4.39. The fourth-order valence-electron chi connectivity index (χ4n) is 3.16. The van der Waals surface area contributed by atoms with Gasteiger partial charge in [-0.1, -0.05) is 18.9 Å². The van der Waals surface area contributed by atoms with Gasteiger partial charge in [0.1, 0.15) is 0 Å². The number of hydrogen-bond donors (Lipinski definition) is 2. The van der Waals surface area contributed by atoms with Gasteiger partial charge in [0.15, 0.2) is 11.5 Å². The highest BCUT2D eigenvalue weighted by atomic mass is 16.7. The second-order valence-electron chi connectivity index (χ2n) is 6.21. The summed E-state index contributed by atoms with van der Waals surface area (Å²) in [5.74, 6) is 1.72. The number of hydrogen-bond acceptors (Lipinski definition) is 4. The van der Waals surface area contributed by atoms with Crippen LogP contribution in [0.15, 0.2) is 18.2 Å². The summed E-state index contributed by atoms with van der Waals surface area (Å²) in [7, 11) is 0. The van der Waals surface area contributed by atoms with E-state index in [9.17, 15) is 0 Å². The largest absolute Gasteiger partial charge is 0.454 e. The third kappa shape index (κ3) is 4.11. The summed E-state index contributed by atoms with van der Waals surface area (Å²) in [4.78, 5) is 0. The van der Waals surface area contributed by atoms with E-state index in [-0.39, 0.29) is 0 Å². The fraction of sp³-hybridized carbons (Fsp3) is 0.647. The summed E-state index contributed by atoms with van der Waals surface area (Å²) >= 11 is 0. The van der Waals surface area contributed by atoms with Gasteiger partial charge >= 0.3 is 0 Å². The molecule has 0 aliphatic carbocycles. The molecule has 116 valence electrons. The monoisotopic (exact) mass is 290 g/mol. The van der Waals surface area contributed by atoms with Crippen molar-refractivity contribution in [2.75, 3.05) is 13.3 Å². The van der Waals surface area contributed by atoms with E-state index in [4.69, 9.17) is 9.47 Å². The summed E-state index contributed by atoms with van der Waals surface area (Å²) in [5, 5.41) is 7.29. The van der Waals surface area contributed by atoms with Crippen LogP contribution in [0.25, 0.3) is 0 Å². The summed E-state index contributed by atoms with van der Waals surface area (Å²) in [6.07, 6.45) is 6.59. The number of fused-ring (bicyclic) bond motifs is 1. The molecule has 2 N–H and O–H groups in total. The molecule has 1 aromatic carbocycles. The molecule has 1 fully saturated rings. The molecule has 2 heterocycles. The van der Waals surface area contributed by atoms with Crippen LogP contribution in [-0.4, -0.2) is 25.4 Å². The molecule has 0 radical (unpaired) electrons. The summed E-state index contributed by atoms with van der Waals surface area (Å²) < 4.78 is 10.8. The quantitative estimate of drug-likeness (QED) is 0.875. The zero-order chi connectivity index (χ0) is 14.5. The topological polar surface area (TPSA) is 42.5 Å². The molecule has 0 aromatic heterocycles. The van der Waals surface area contributed by atoms with Crippen LogP contribution in [0.4, 0.5) is 0 Å². The molecule has 4 nitrogen and oxygen atoms in total. The molecule has 0 spiro atoms. The van der Waals surface area contributed by atoms with Crippen molar-refractivity contribution in [3.05, 3.63) is 23.8 Å². The molecule has 2 aliphatic heterocycles. The molecular weight excluding hydrogens is 264 g/mol. The van der Waals surface area contributed by atoms with E-state index in [0.29, 0.717) is 18.9 Å². The van der Waals surface area contributed by atoms with Crippen LogP contribution >= 0.6 is 0 Å². The molecular formula is C17H26N2O2. The van der Waals surface area contributed by atoms with Crippen molar-refractivity contribution in [3.8, 4) is 11.5 Å². The number of nitrogens with one attached hydrogen (secondary N) is 2. The number of rotatable bonds is 5. The lowest BCUT2D eigenvalue weighted by Crippen LogP contribution is -2.36. The van der Waals surface area contributed by atoms with Crippen molar-refractivity contribution in [2.24, 2.45) is 0 Å². The first-order valence-electron chi connectivity index (χ1n) is 8.16. The number of benzene rings is 1. The standard InChI is InChI=1S/C17H26N2O2/c1-13(9-15-5-3-2-4-8-18-15)19-11-14-6-7-16-17(10-14)21-12-20-16/h6-7,10,13,15,18-19H,2-5,8-9,11-12H2,1H3. The van der Waals surface area contributed by atoms with Crippen molar-refractivity contribution in [1.29, 1.82) is 0 Å². The molecule has 0 saturated carbocycles. The van der Waals surface area contributed by atoms with E-state index >= 15 is 0 Å². The van der Waals surface area contributed by atoms with E-state index in [0.717, 1.165) is 18.0 Å². The van der Waals surface area contributed by atoms with E-state index < -0.39 is 0 Å². The molecule has 0 bridgehead atoms. The maximum Gasteiger partial charge on any atom is 0.231 e. The summed E-state index contributed by atoms with van der Waals surface area (Å²) in [6.45, 7) is 4.68. The Labute approximate surface area is 127 Å². The average Bonchev–Trinajstić information content (AvgIpc) is 2.81. The van der Waals surface area contributed by atoms with Gasteiger partial charge in [-0.05, 0) is 50.4 Å². The molecule has 0 amide bonds. The Morgan fingerprint density at radius 3 is 3.10 bits per heavy atom. The molecule has 1 aromatic rings. The molecule has 2 atom stereocenters. The van der Waals surface area contributed by atoms with Gasteiger partial charge in [-0.15, -0.1) is 0 Å². The summed E-state index contributed by atoms with van der Waals surface area (Å²) in [6, 6.07) is 7.37. The van der Waals surface area contributed by atoms with Gasteiger partial charge in [0, 0.05) is 18.6 Å². The first-order valence-corrected chi connectivity index (χ1v) is 8.16. The molecule has 3 rings (SSSR count). The Balaban J connectivity index is 1.45. The normalized spacial score (nSPS) is 22.8. The van der Waals surface area contributed by atoms with Crippen LogP contribution in [-0.2, 0) is 6.54 Å². The highest BCUT2D eigenvalue weighted by Gasteiger charge is 2.16. The fourth-order valence-corrected chi connectivity index (χ4v) is 3.16. The Hall–Kier alpha value is -1.26. The van der Waals surface area contributed by atoms with Crippen LogP contribution in [0.3, 0.4) is 0 Å². The zero-order valence-electron chi connectivity index (χ0n) is 12.9. The SMILES string of the molecule is CC(CC1CCCCCN1)NCc1ccc2c(c1)OCO2. The highest BCUT2D eigenvalue weighted by Crippen LogP contribution is 2.32. The molecule has 2 unspecified atom stereocenters. The minimum Gasteiger partial charge on any atom is -0.454 e. The summed E-state index contributed by atoms with van der Waals surface area (Å²) in [5.41, 5.74) is 1.25. The maximum atomic E-state index is 5.42.